The van der Waals surface area contributed by atoms with Gasteiger partial charge in [0.25, 0.3) is 0 Å². The summed E-state index contributed by atoms with van der Waals surface area (Å²) in [6.07, 6.45) is 2.43. The first-order valence-electron chi connectivity index (χ1n) is 6.72. The second kappa shape index (κ2) is 6.48. The van der Waals surface area contributed by atoms with E-state index < -0.39 is 0 Å². The Morgan fingerprint density at radius 3 is 2.40 bits per heavy atom. The third kappa shape index (κ3) is 3.54. The van der Waals surface area contributed by atoms with E-state index >= 15 is 0 Å². The van der Waals surface area contributed by atoms with Crippen molar-refractivity contribution in [2.75, 3.05) is 14.2 Å². The summed E-state index contributed by atoms with van der Waals surface area (Å²) in [5.74, 6) is 0.593. The van der Waals surface area contributed by atoms with Crippen LogP contribution in [0.15, 0.2) is 30.6 Å². The Morgan fingerprint density at radius 1 is 1.10 bits per heavy atom. The van der Waals surface area contributed by atoms with E-state index in [1.165, 1.54) is 16.7 Å². The predicted octanol–water partition coefficient (Wildman–Crippen LogP) is 2.61. The average molecular weight is 271 g/mol. The summed E-state index contributed by atoms with van der Waals surface area (Å²) >= 11 is 0. The van der Waals surface area contributed by atoms with Crippen LogP contribution in [0.25, 0.3) is 0 Å². The smallest absolute Gasteiger partial charge is 0.216 e. The van der Waals surface area contributed by atoms with E-state index in [1.807, 2.05) is 13.1 Å². The van der Waals surface area contributed by atoms with Crippen molar-refractivity contribution >= 4 is 0 Å². The Balaban J connectivity index is 2.23. The lowest BCUT2D eigenvalue weighted by Crippen LogP contribution is -2.20. The number of nitrogens with zero attached hydrogens (tertiary/aromatic N) is 2. The molecule has 1 heterocycles. The second-order valence-electron chi connectivity index (χ2n) is 5.03. The van der Waals surface area contributed by atoms with Gasteiger partial charge in [-0.1, -0.05) is 29.3 Å². The molecule has 1 N–H and O–H groups in total. The summed E-state index contributed by atoms with van der Waals surface area (Å²) in [5, 5.41) is 3.31. The van der Waals surface area contributed by atoms with Gasteiger partial charge in [-0.05, 0) is 32.9 Å². The normalized spacial score (nSPS) is 12.2. The molecule has 0 radical (unpaired) electrons. The number of methoxy groups -OCH3 is 1. The Labute approximate surface area is 120 Å². The van der Waals surface area contributed by atoms with Gasteiger partial charge in [-0.15, -0.1) is 0 Å². The molecule has 2 rings (SSSR count). The van der Waals surface area contributed by atoms with Crippen LogP contribution in [0, 0.1) is 13.8 Å². The van der Waals surface area contributed by atoms with Crippen molar-refractivity contribution in [2.45, 2.75) is 26.3 Å². The van der Waals surface area contributed by atoms with Crippen molar-refractivity contribution in [2.24, 2.45) is 0 Å². The largest absolute Gasteiger partial charge is 0.481 e. The van der Waals surface area contributed by atoms with E-state index in [4.69, 9.17) is 4.74 Å². The SMILES string of the molecule is CNC(Cc1cc(C)cc(C)c1)c1cc(OC)ncn1. The first-order chi connectivity index (χ1) is 9.62. The number of aryl methyl sites for hydroxylation is 2. The maximum absolute atomic E-state index is 5.16. The molecule has 0 aliphatic heterocycles. The quantitative estimate of drug-likeness (QED) is 0.908. The molecule has 4 heteroatoms. The maximum atomic E-state index is 5.16. The minimum absolute atomic E-state index is 0.146. The van der Waals surface area contributed by atoms with Crippen LogP contribution in [0.3, 0.4) is 0 Å². The number of rotatable bonds is 5. The number of hydrogen-bond donors (Lipinski definition) is 1. The monoisotopic (exact) mass is 271 g/mol. The lowest BCUT2D eigenvalue weighted by molar-refractivity contribution is 0.394. The Hall–Kier alpha value is -1.94. The zero-order valence-electron chi connectivity index (χ0n) is 12.5. The first kappa shape index (κ1) is 14.5. The van der Waals surface area contributed by atoms with Crippen molar-refractivity contribution in [3.8, 4) is 5.88 Å². The molecule has 20 heavy (non-hydrogen) atoms. The number of likely N-dealkylation sites (N-methyl/N-ethyl adjacent to an activating group) is 1. The zero-order chi connectivity index (χ0) is 14.5. The van der Waals surface area contributed by atoms with Gasteiger partial charge in [0.15, 0.2) is 0 Å². The Kier molecular flexibility index (Phi) is 4.69. The van der Waals surface area contributed by atoms with Gasteiger partial charge >= 0.3 is 0 Å². The van der Waals surface area contributed by atoms with E-state index in [2.05, 4.69) is 47.3 Å². The molecule has 0 bridgehead atoms. The van der Waals surface area contributed by atoms with Gasteiger partial charge in [0, 0.05) is 6.07 Å². The predicted molar refractivity (Wildman–Crippen MR) is 80.0 cm³/mol. The van der Waals surface area contributed by atoms with Crippen molar-refractivity contribution in [1.29, 1.82) is 0 Å². The van der Waals surface area contributed by atoms with E-state index in [-0.39, 0.29) is 6.04 Å². The number of hydrogen-bond acceptors (Lipinski definition) is 4. The molecule has 0 fully saturated rings. The second-order valence-corrected chi connectivity index (χ2v) is 5.03. The molecule has 0 aliphatic carbocycles. The number of nitrogens with one attached hydrogen (secondary N) is 1. The molecule has 1 unspecified atom stereocenters. The molecule has 1 atom stereocenters. The third-order valence-electron chi connectivity index (χ3n) is 3.30. The molecule has 0 saturated carbocycles. The molecule has 106 valence electrons. The minimum atomic E-state index is 0.146. The van der Waals surface area contributed by atoms with Gasteiger partial charge in [-0.3, -0.25) is 0 Å². The van der Waals surface area contributed by atoms with E-state index in [1.54, 1.807) is 13.4 Å². The van der Waals surface area contributed by atoms with Gasteiger partial charge in [0.1, 0.15) is 6.33 Å². The van der Waals surface area contributed by atoms with Gasteiger partial charge in [-0.25, -0.2) is 9.97 Å². The summed E-state index contributed by atoms with van der Waals surface area (Å²) < 4.78 is 5.16. The van der Waals surface area contributed by atoms with Crippen LogP contribution in [-0.2, 0) is 6.42 Å². The van der Waals surface area contributed by atoms with Gasteiger partial charge < -0.3 is 10.1 Å². The molecule has 0 saturated heterocycles. The van der Waals surface area contributed by atoms with Crippen LogP contribution in [-0.4, -0.2) is 24.1 Å². The highest BCUT2D eigenvalue weighted by atomic mass is 16.5. The molecule has 1 aromatic heterocycles. The Morgan fingerprint density at radius 2 is 1.80 bits per heavy atom. The molecule has 2 aromatic rings. The maximum Gasteiger partial charge on any atom is 0.216 e. The van der Waals surface area contributed by atoms with Crippen LogP contribution in [0.2, 0.25) is 0 Å². The molecule has 0 amide bonds. The van der Waals surface area contributed by atoms with Gasteiger partial charge in [-0.2, -0.15) is 0 Å². The van der Waals surface area contributed by atoms with Crippen molar-refractivity contribution in [3.05, 3.63) is 53.0 Å². The average Bonchev–Trinajstić information content (AvgIpc) is 2.44. The van der Waals surface area contributed by atoms with Crippen molar-refractivity contribution < 1.29 is 4.74 Å². The standard InChI is InChI=1S/C16H21N3O/c1-11-5-12(2)7-13(6-11)8-14(17-3)15-9-16(20-4)19-10-18-15/h5-7,9-10,14,17H,8H2,1-4H3. The zero-order valence-corrected chi connectivity index (χ0v) is 12.5. The van der Waals surface area contributed by atoms with Crippen LogP contribution >= 0.6 is 0 Å². The first-order valence-corrected chi connectivity index (χ1v) is 6.72. The third-order valence-corrected chi connectivity index (χ3v) is 3.30. The molecule has 1 aromatic carbocycles. The Bertz CT molecular complexity index is 563. The highest BCUT2D eigenvalue weighted by molar-refractivity contribution is 5.30. The summed E-state index contributed by atoms with van der Waals surface area (Å²) in [4.78, 5) is 8.39. The highest BCUT2D eigenvalue weighted by Gasteiger charge is 2.13. The van der Waals surface area contributed by atoms with Gasteiger partial charge in [0.05, 0.1) is 18.8 Å². The highest BCUT2D eigenvalue weighted by Crippen LogP contribution is 2.20. The fourth-order valence-electron chi connectivity index (χ4n) is 2.43. The van der Waals surface area contributed by atoms with Crippen LogP contribution in [0.5, 0.6) is 5.88 Å². The molecular weight excluding hydrogens is 250 g/mol. The van der Waals surface area contributed by atoms with E-state index in [0.29, 0.717) is 5.88 Å². The fraction of sp³-hybridized carbons (Fsp3) is 0.375. The lowest BCUT2D eigenvalue weighted by atomic mass is 9.99. The van der Waals surface area contributed by atoms with E-state index in [9.17, 15) is 0 Å². The topological polar surface area (TPSA) is 47.0 Å². The molecule has 0 aliphatic rings. The van der Waals surface area contributed by atoms with Crippen LogP contribution in [0.1, 0.15) is 28.4 Å². The van der Waals surface area contributed by atoms with Crippen molar-refractivity contribution in [3.63, 3.8) is 0 Å². The number of ether oxygens (including phenoxy) is 1. The van der Waals surface area contributed by atoms with Crippen LogP contribution in [0.4, 0.5) is 0 Å². The number of benzene rings is 1. The molecule has 0 spiro atoms. The van der Waals surface area contributed by atoms with Crippen molar-refractivity contribution in [1.82, 2.24) is 15.3 Å². The molecular formula is C16H21N3O. The summed E-state index contributed by atoms with van der Waals surface area (Å²) in [5.41, 5.74) is 4.82. The number of aromatic nitrogens is 2. The lowest BCUT2D eigenvalue weighted by Gasteiger charge is -2.16. The molecule has 4 nitrogen and oxygen atoms in total. The van der Waals surface area contributed by atoms with E-state index in [0.717, 1.165) is 12.1 Å². The summed E-state index contributed by atoms with van der Waals surface area (Å²) in [6, 6.07) is 8.65. The van der Waals surface area contributed by atoms with Crippen LogP contribution < -0.4 is 10.1 Å². The van der Waals surface area contributed by atoms with Gasteiger partial charge in [0.2, 0.25) is 5.88 Å². The summed E-state index contributed by atoms with van der Waals surface area (Å²) in [6.45, 7) is 4.25. The summed E-state index contributed by atoms with van der Waals surface area (Å²) in [7, 11) is 3.56. The minimum Gasteiger partial charge on any atom is -0.481 e. The fourth-order valence-corrected chi connectivity index (χ4v) is 2.43.